The number of benzene rings is 2. The van der Waals surface area contributed by atoms with Gasteiger partial charge in [-0.15, -0.1) is 0 Å². The highest BCUT2D eigenvalue weighted by Crippen LogP contribution is 2.34. The second kappa shape index (κ2) is 7.93. The van der Waals surface area contributed by atoms with E-state index in [4.69, 9.17) is 16.3 Å². The number of nitrogens with one attached hydrogen (secondary N) is 1. The summed E-state index contributed by atoms with van der Waals surface area (Å²) in [5, 5.41) is 6.62. The van der Waals surface area contributed by atoms with Crippen molar-refractivity contribution in [2.45, 2.75) is 12.7 Å². The van der Waals surface area contributed by atoms with Crippen molar-refractivity contribution in [3.63, 3.8) is 0 Å². The molecule has 1 amide bonds. The summed E-state index contributed by atoms with van der Waals surface area (Å²) < 4.78 is 46.8. The maximum Gasteiger partial charge on any atom is 0.434 e. The number of para-hydroxylation sites is 1. The zero-order chi connectivity index (χ0) is 20.3. The van der Waals surface area contributed by atoms with Gasteiger partial charge in [0.25, 0.3) is 5.91 Å². The molecule has 0 spiro atoms. The fourth-order valence-corrected chi connectivity index (χ4v) is 2.81. The minimum atomic E-state index is -4.78. The molecule has 5 nitrogen and oxygen atoms in total. The molecule has 1 N–H and O–H groups in total. The Morgan fingerprint density at radius 1 is 1.18 bits per heavy atom. The fraction of sp³-hybridized carbons (Fsp3) is 0.158. The maximum atomic E-state index is 13.7. The van der Waals surface area contributed by atoms with Gasteiger partial charge in [0.1, 0.15) is 5.75 Å². The Balaban J connectivity index is 1.91. The molecule has 0 saturated heterocycles. The van der Waals surface area contributed by atoms with E-state index in [1.807, 2.05) is 0 Å². The normalized spacial score (nSPS) is 11.3. The number of halogens is 4. The molecule has 0 aliphatic heterocycles. The van der Waals surface area contributed by atoms with E-state index in [1.54, 1.807) is 24.3 Å². The third-order valence-corrected chi connectivity index (χ3v) is 4.24. The highest BCUT2D eigenvalue weighted by Gasteiger charge is 2.40. The van der Waals surface area contributed by atoms with E-state index >= 15 is 0 Å². The Kier molecular flexibility index (Phi) is 5.60. The lowest BCUT2D eigenvalue weighted by Crippen LogP contribution is -2.26. The lowest BCUT2D eigenvalue weighted by atomic mass is 10.1. The zero-order valence-electron chi connectivity index (χ0n) is 14.6. The molecule has 0 radical (unpaired) electrons. The summed E-state index contributed by atoms with van der Waals surface area (Å²) >= 11 is 5.78. The average Bonchev–Trinajstić information content (AvgIpc) is 3.12. The second-order valence-electron chi connectivity index (χ2n) is 5.79. The second-order valence-corrected chi connectivity index (χ2v) is 6.22. The maximum absolute atomic E-state index is 13.7. The lowest BCUT2D eigenvalue weighted by Gasteiger charge is -2.13. The minimum absolute atomic E-state index is 0.00622. The van der Waals surface area contributed by atoms with Crippen LogP contribution in [0.3, 0.4) is 0 Å². The summed E-state index contributed by atoms with van der Waals surface area (Å²) in [6, 6.07) is 12.6. The Morgan fingerprint density at radius 2 is 1.86 bits per heavy atom. The zero-order valence-corrected chi connectivity index (χ0v) is 15.4. The minimum Gasteiger partial charge on any atom is -0.496 e. The van der Waals surface area contributed by atoms with Gasteiger partial charge in [0.15, 0.2) is 5.69 Å². The average molecular weight is 410 g/mol. The van der Waals surface area contributed by atoms with Crippen molar-refractivity contribution < 1.29 is 22.7 Å². The molecule has 0 aliphatic rings. The first-order valence-electron chi connectivity index (χ1n) is 8.12. The van der Waals surface area contributed by atoms with E-state index in [1.165, 1.54) is 31.4 Å². The number of hydrogen-bond donors (Lipinski definition) is 1. The van der Waals surface area contributed by atoms with Crippen molar-refractivity contribution in [2.24, 2.45) is 0 Å². The summed E-state index contributed by atoms with van der Waals surface area (Å²) in [5.74, 6) is -0.367. The van der Waals surface area contributed by atoms with Gasteiger partial charge in [0.05, 0.1) is 24.6 Å². The van der Waals surface area contributed by atoms with Crippen molar-refractivity contribution in [2.75, 3.05) is 7.11 Å². The molecule has 1 aromatic heterocycles. The van der Waals surface area contributed by atoms with E-state index in [0.717, 1.165) is 6.20 Å². The highest BCUT2D eigenvalue weighted by atomic mass is 35.5. The molecule has 3 rings (SSSR count). The number of carbonyl (C=O) groups is 1. The number of aromatic nitrogens is 2. The van der Waals surface area contributed by atoms with E-state index in [2.05, 4.69) is 10.4 Å². The van der Waals surface area contributed by atoms with Crippen LogP contribution in [0.4, 0.5) is 13.2 Å². The molecule has 0 unspecified atom stereocenters. The van der Waals surface area contributed by atoms with Gasteiger partial charge in [0, 0.05) is 17.1 Å². The van der Waals surface area contributed by atoms with Crippen LogP contribution in [0.25, 0.3) is 5.69 Å². The van der Waals surface area contributed by atoms with Crippen LogP contribution >= 0.6 is 11.6 Å². The Morgan fingerprint density at radius 3 is 2.50 bits per heavy atom. The summed E-state index contributed by atoms with van der Waals surface area (Å²) in [4.78, 5) is 12.5. The van der Waals surface area contributed by atoms with E-state index in [0.29, 0.717) is 21.0 Å². The number of hydrogen-bond acceptors (Lipinski definition) is 3. The molecule has 1 heterocycles. The van der Waals surface area contributed by atoms with Crippen LogP contribution < -0.4 is 10.1 Å². The number of carbonyl (C=O) groups excluding carboxylic acids is 1. The van der Waals surface area contributed by atoms with Gasteiger partial charge in [-0.1, -0.05) is 29.8 Å². The van der Waals surface area contributed by atoms with Crippen molar-refractivity contribution >= 4 is 17.5 Å². The summed E-state index contributed by atoms with van der Waals surface area (Å²) in [7, 11) is 1.47. The third kappa shape index (κ3) is 4.12. The molecule has 28 heavy (non-hydrogen) atoms. The van der Waals surface area contributed by atoms with Crippen molar-refractivity contribution in [3.8, 4) is 11.4 Å². The predicted octanol–water partition coefficient (Wildman–Crippen LogP) is 4.48. The molecule has 2 aromatic carbocycles. The molecule has 146 valence electrons. The Labute approximate surface area is 163 Å². The summed E-state index contributed by atoms with van der Waals surface area (Å²) in [6.07, 6.45) is -3.89. The van der Waals surface area contributed by atoms with Crippen molar-refractivity contribution in [1.82, 2.24) is 15.1 Å². The standard InChI is InChI=1S/C19H15ClF3N3O2/c1-28-16-5-3-2-4-12(16)10-24-18(27)15-11-25-26(17(15)19(21,22)23)14-8-6-13(20)7-9-14/h2-9,11H,10H2,1H3,(H,24,27). The number of rotatable bonds is 5. The van der Waals surface area contributed by atoms with Gasteiger partial charge in [0.2, 0.25) is 0 Å². The van der Waals surface area contributed by atoms with Crippen LogP contribution in [0.1, 0.15) is 21.6 Å². The van der Waals surface area contributed by atoms with Gasteiger partial charge in [-0.3, -0.25) is 4.79 Å². The largest absolute Gasteiger partial charge is 0.496 e. The van der Waals surface area contributed by atoms with Gasteiger partial charge >= 0.3 is 6.18 Å². The topological polar surface area (TPSA) is 56.1 Å². The number of amides is 1. The van der Waals surface area contributed by atoms with Gasteiger partial charge in [-0.05, 0) is 30.3 Å². The molecular formula is C19H15ClF3N3O2. The van der Waals surface area contributed by atoms with Crippen LogP contribution in [-0.2, 0) is 12.7 Å². The number of ether oxygens (including phenoxy) is 1. The van der Waals surface area contributed by atoms with Gasteiger partial charge < -0.3 is 10.1 Å². The molecule has 0 atom stereocenters. The summed E-state index contributed by atoms with van der Waals surface area (Å²) in [5.41, 5.74) is -0.956. The van der Waals surface area contributed by atoms with E-state index in [-0.39, 0.29) is 12.2 Å². The van der Waals surface area contributed by atoms with E-state index in [9.17, 15) is 18.0 Å². The molecule has 0 aliphatic carbocycles. The predicted molar refractivity (Wildman–Crippen MR) is 97.7 cm³/mol. The molecule has 9 heteroatoms. The Hall–Kier alpha value is -3.00. The van der Waals surface area contributed by atoms with Crippen LogP contribution in [0, 0.1) is 0 Å². The first-order valence-corrected chi connectivity index (χ1v) is 8.50. The van der Waals surface area contributed by atoms with Crippen LogP contribution in [-0.4, -0.2) is 22.8 Å². The first-order chi connectivity index (χ1) is 13.3. The number of nitrogens with zero attached hydrogens (tertiary/aromatic N) is 2. The van der Waals surface area contributed by atoms with Crippen LogP contribution in [0.15, 0.2) is 54.7 Å². The third-order valence-electron chi connectivity index (χ3n) is 3.99. The SMILES string of the molecule is COc1ccccc1CNC(=O)c1cnn(-c2ccc(Cl)cc2)c1C(F)(F)F. The highest BCUT2D eigenvalue weighted by molar-refractivity contribution is 6.30. The number of alkyl halides is 3. The molecule has 0 bridgehead atoms. The van der Waals surface area contributed by atoms with Gasteiger partial charge in [-0.2, -0.15) is 18.3 Å². The van der Waals surface area contributed by atoms with E-state index < -0.39 is 23.3 Å². The Bertz CT molecular complexity index is 985. The number of methoxy groups -OCH3 is 1. The van der Waals surface area contributed by atoms with Crippen LogP contribution in [0.5, 0.6) is 5.75 Å². The lowest BCUT2D eigenvalue weighted by molar-refractivity contribution is -0.143. The molecule has 0 fully saturated rings. The van der Waals surface area contributed by atoms with Crippen LogP contribution in [0.2, 0.25) is 5.02 Å². The van der Waals surface area contributed by atoms with Crippen molar-refractivity contribution in [3.05, 3.63) is 76.6 Å². The molecule has 0 saturated carbocycles. The smallest absolute Gasteiger partial charge is 0.434 e. The molecular weight excluding hydrogens is 395 g/mol. The monoisotopic (exact) mass is 409 g/mol. The van der Waals surface area contributed by atoms with Crippen molar-refractivity contribution in [1.29, 1.82) is 0 Å². The fourth-order valence-electron chi connectivity index (χ4n) is 2.69. The summed E-state index contributed by atoms with van der Waals surface area (Å²) in [6.45, 7) is 0.00622. The first kappa shape index (κ1) is 19.8. The van der Waals surface area contributed by atoms with Gasteiger partial charge in [-0.25, -0.2) is 4.68 Å². The quantitative estimate of drug-likeness (QED) is 0.675. The molecule has 3 aromatic rings.